The summed E-state index contributed by atoms with van der Waals surface area (Å²) in [4.78, 5) is 23.5. The lowest BCUT2D eigenvalue weighted by Gasteiger charge is -2.16. The molecule has 0 aliphatic heterocycles. The normalized spacial score (nSPS) is 17.6. The number of anilines is 1. The molecule has 0 aromatic heterocycles. The molecule has 0 spiro atoms. The van der Waals surface area contributed by atoms with Gasteiger partial charge in [0.25, 0.3) is 5.91 Å². The number of amides is 1. The second-order valence-electron chi connectivity index (χ2n) is 4.62. The molecule has 0 fully saturated rings. The minimum atomic E-state index is -0.336. The number of allylic oxidation sites excluding steroid dienone is 2. The average molecular weight is 338 g/mol. The minimum Gasteiger partial charge on any atom is -0.455 e. The predicted molar refractivity (Wildman–Crippen MR) is 80.2 cm³/mol. The lowest BCUT2D eigenvalue weighted by molar-refractivity contribution is -0.151. The zero-order valence-electron chi connectivity index (χ0n) is 11.0. The number of carbonyl (C=O) groups is 2. The van der Waals surface area contributed by atoms with Gasteiger partial charge < -0.3 is 10.1 Å². The average Bonchev–Trinajstić information content (AvgIpc) is 2.48. The molecule has 0 saturated heterocycles. The highest BCUT2D eigenvalue weighted by Crippen LogP contribution is 2.21. The SMILES string of the molecule is O=C(COC(=O)[C@@H]1CC=CCC1)Nc1ccccc1Br. The van der Waals surface area contributed by atoms with Gasteiger partial charge in [0.1, 0.15) is 0 Å². The molecular formula is C15H16BrNO3. The van der Waals surface area contributed by atoms with Crippen molar-refractivity contribution in [3.63, 3.8) is 0 Å². The van der Waals surface area contributed by atoms with Crippen molar-refractivity contribution < 1.29 is 14.3 Å². The molecule has 0 saturated carbocycles. The Labute approximate surface area is 126 Å². The van der Waals surface area contributed by atoms with Crippen LogP contribution >= 0.6 is 15.9 Å². The molecule has 1 aromatic rings. The molecule has 1 aliphatic carbocycles. The molecule has 1 N–H and O–H groups in total. The lowest BCUT2D eigenvalue weighted by atomic mass is 9.95. The Morgan fingerprint density at radius 2 is 2.10 bits per heavy atom. The Bertz CT molecular complexity index is 528. The number of hydrogen-bond donors (Lipinski definition) is 1. The number of ether oxygens (including phenoxy) is 1. The highest BCUT2D eigenvalue weighted by molar-refractivity contribution is 9.10. The number of carbonyl (C=O) groups excluding carboxylic acids is 2. The van der Waals surface area contributed by atoms with Gasteiger partial charge in [-0.1, -0.05) is 24.3 Å². The lowest BCUT2D eigenvalue weighted by Crippen LogP contribution is -2.25. The zero-order valence-corrected chi connectivity index (χ0v) is 12.6. The molecular weight excluding hydrogens is 322 g/mol. The van der Waals surface area contributed by atoms with E-state index >= 15 is 0 Å². The molecule has 4 nitrogen and oxygen atoms in total. The van der Waals surface area contributed by atoms with Gasteiger partial charge in [-0.2, -0.15) is 0 Å². The molecule has 5 heteroatoms. The fraction of sp³-hybridized carbons (Fsp3) is 0.333. The Balaban J connectivity index is 1.79. The molecule has 2 rings (SSSR count). The molecule has 1 aromatic carbocycles. The van der Waals surface area contributed by atoms with Crippen molar-refractivity contribution in [3.05, 3.63) is 40.9 Å². The third-order valence-corrected chi connectivity index (χ3v) is 3.79. The first-order chi connectivity index (χ1) is 9.66. The Hall–Kier alpha value is -1.62. The molecule has 1 aliphatic rings. The largest absolute Gasteiger partial charge is 0.455 e. The van der Waals surface area contributed by atoms with Gasteiger partial charge in [-0.25, -0.2) is 0 Å². The first kappa shape index (κ1) is 14.8. The van der Waals surface area contributed by atoms with Crippen LogP contribution in [0.1, 0.15) is 19.3 Å². The maximum atomic E-state index is 11.8. The fourth-order valence-electron chi connectivity index (χ4n) is 2.01. The summed E-state index contributed by atoms with van der Waals surface area (Å²) in [5, 5.41) is 2.69. The van der Waals surface area contributed by atoms with Crippen LogP contribution in [0.2, 0.25) is 0 Å². The fourth-order valence-corrected chi connectivity index (χ4v) is 2.39. The number of rotatable bonds is 4. The van der Waals surface area contributed by atoms with Crippen molar-refractivity contribution in [2.24, 2.45) is 5.92 Å². The summed E-state index contributed by atoms with van der Waals surface area (Å²) in [6, 6.07) is 7.28. The molecule has 0 radical (unpaired) electrons. The highest BCUT2D eigenvalue weighted by Gasteiger charge is 2.21. The summed E-state index contributed by atoms with van der Waals surface area (Å²) in [7, 11) is 0. The number of nitrogens with one attached hydrogen (secondary N) is 1. The monoisotopic (exact) mass is 337 g/mol. The van der Waals surface area contributed by atoms with Crippen molar-refractivity contribution in [2.75, 3.05) is 11.9 Å². The van der Waals surface area contributed by atoms with Gasteiger partial charge >= 0.3 is 5.97 Å². The van der Waals surface area contributed by atoms with E-state index in [1.165, 1.54) is 0 Å². The predicted octanol–water partition coefficient (Wildman–Crippen LogP) is 3.29. The summed E-state index contributed by atoms with van der Waals surface area (Å²) < 4.78 is 5.84. The van der Waals surface area contributed by atoms with Crippen LogP contribution in [0.4, 0.5) is 5.69 Å². The van der Waals surface area contributed by atoms with Crippen LogP contribution in [0.5, 0.6) is 0 Å². The number of para-hydroxylation sites is 1. The van der Waals surface area contributed by atoms with E-state index in [-0.39, 0.29) is 24.4 Å². The minimum absolute atomic E-state index is 0.115. The first-order valence-corrected chi connectivity index (χ1v) is 7.32. The van der Waals surface area contributed by atoms with Gasteiger partial charge in [0.05, 0.1) is 11.6 Å². The van der Waals surface area contributed by atoms with Crippen LogP contribution in [0.25, 0.3) is 0 Å². The van der Waals surface area contributed by atoms with Gasteiger partial charge in [-0.15, -0.1) is 0 Å². The van der Waals surface area contributed by atoms with Crippen LogP contribution in [0.15, 0.2) is 40.9 Å². The quantitative estimate of drug-likeness (QED) is 0.677. The van der Waals surface area contributed by atoms with Gasteiger partial charge in [0, 0.05) is 4.47 Å². The van der Waals surface area contributed by atoms with E-state index in [0.717, 1.165) is 17.3 Å². The van der Waals surface area contributed by atoms with E-state index in [9.17, 15) is 9.59 Å². The van der Waals surface area contributed by atoms with Crippen molar-refractivity contribution in [1.29, 1.82) is 0 Å². The highest BCUT2D eigenvalue weighted by atomic mass is 79.9. The number of benzene rings is 1. The third kappa shape index (κ3) is 4.20. The van der Waals surface area contributed by atoms with E-state index < -0.39 is 0 Å². The molecule has 20 heavy (non-hydrogen) atoms. The van der Waals surface area contributed by atoms with E-state index in [4.69, 9.17) is 4.74 Å². The van der Waals surface area contributed by atoms with Gasteiger partial charge in [0.15, 0.2) is 6.61 Å². The maximum absolute atomic E-state index is 11.8. The van der Waals surface area contributed by atoms with Crippen LogP contribution in [0.3, 0.4) is 0 Å². The molecule has 0 heterocycles. The summed E-state index contributed by atoms with van der Waals surface area (Å²) in [5.74, 6) is -0.746. The van der Waals surface area contributed by atoms with Crippen molar-refractivity contribution >= 4 is 33.5 Å². The second-order valence-corrected chi connectivity index (χ2v) is 5.47. The zero-order chi connectivity index (χ0) is 14.4. The van der Waals surface area contributed by atoms with E-state index in [1.54, 1.807) is 6.07 Å². The summed E-state index contributed by atoms with van der Waals surface area (Å²) in [6.45, 7) is -0.250. The molecule has 1 amide bonds. The van der Waals surface area contributed by atoms with Crippen molar-refractivity contribution in [2.45, 2.75) is 19.3 Å². The van der Waals surface area contributed by atoms with Crippen LogP contribution in [-0.4, -0.2) is 18.5 Å². The molecule has 106 valence electrons. The van der Waals surface area contributed by atoms with Crippen molar-refractivity contribution in [3.8, 4) is 0 Å². The van der Waals surface area contributed by atoms with E-state index in [0.29, 0.717) is 12.1 Å². The van der Waals surface area contributed by atoms with E-state index in [1.807, 2.05) is 24.3 Å². The summed E-state index contributed by atoms with van der Waals surface area (Å²) in [5.41, 5.74) is 0.661. The van der Waals surface area contributed by atoms with Crippen molar-refractivity contribution in [1.82, 2.24) is 0 Å². The second kappa shape index (κ2) is 7.24. The molecule has 0 bridgehead atoms. The van der Waals surface area contributed by atoms with E-state index in [2.05, 4.69) is 27.3 Å². The van der Waals surface area contributed by atoms with Crippen LogP contribution in [0, 0.1) is 5.92 Å². The van der Waals surface area contributed by atoms with Gasteiger partial charge in [-0.3, -0.25) is 9.59 Å². The topological polar surface area (TPSA) is 55.4 Å². The Morgan fingerprint density at radius 1 is 1.30 bits per heavy atom. The summed E-state index contributed by atoms with van der Waals surface area (Å²) >= 11 is 3.34. The van der Waals surface area contributed by atoms with Gasteiger partial charge in [-0.05, 0) is 47.3 Å². The Morgan fingerprint density at radius 3 is 2.80 bits per heavy atom. The third-order valence-electron chi connectivity index (χ3n) is 3.10. The molecule has 1 atom stereocenters. The van der Waals surface area contributed by atoms with Crippen LogP contribution in [-0.2, 0) is 14.3 Å². The Kier molecular flexibility index (Phi) is 5.35. The standard InChI is InChI=1S/C15H16BrNO3/c16-12-8-4-5-9-13(12)17-14(18)10-20-15(19)11-6-2-1-3-7-11/h1-2,4-5,8-9,11H,3,6-7,10H2,(H,17,18)/t11-/m1/s1. The maximum Gasteiger partial charge on any atom is 0.309 e. The first-order valence-electron chi connectivity index (χ1n) is 6.53. The number of hydrogen-bond acceptors (Lipinski definition) is 3. The smallest absolute Gasteiger partial charge is 0.309 e. The van der Waals surface area contributed by atoms with Crippen LogP contribution < -0.4 is 5.32 Å². The summed E-state index contributed by atoms with van der Waals surface area (Å²) in [6.07, 6.45) is 6.43. The van der Waals surface area contributed by atoms with Gasteiger partial charge in [0.2, 0.25) is 0 Å². The number of esters is 1. The molecule has 0 unspecified atom stereocenters. The number of halogens is 1.